The van der Waals surface area contributed by atoms with Crippen molar-refractivity contribution in [2.75, 3.05) is 5.32 Å². The van der Waals surface area contributed by atoms with Crippen molar-refractivity contribution in [1.29, 1.82) is 10.5 Å². The van der Waals surface area contributed by atoms with Gasteiger partial charge in [0.25, 0.3) is 0 Å². The third-order valence-corrected chi connectivity index (χ3v) is 5.52. The SMILES string of the molecule is CC(C)n1nccc1NC(=O)[C@@H](C)SC1=C(C#N)C(C)(C)[C@H](C#N)C(=O)N1. The highest BCUT2D eigenvalue weighted by molar-refractivity contribution is 8.04. The molecule has 0 saturated heterocycles. The van der Waals surface area contributed by atoms with Crippen molar-refractivity contribution in [2.45, 2.75) is 45.9 Å². The van der Waals surface area contributed by atoms with Crippen LogP contribution in [0.4, 0.5) is 5.82 Å². The van der Waals surface area contributed by atoms with Gasteiger partial charge in [0.15, 0.2) is 0 Å². The lowest BCUT2D eigenvalue weighted by atomic mass is 9.72. The molecule has 9 heteroatoms. The maximum atomic E-state index is 12.6. The molecule has 27 heavy (non-hydrogen) atoms. The maximum Gasteiger partial charge on any atom is 0.243 e. The Hall–Kier alpha value is -2.78. The van der Waals surface area contributed by atoms with Crippen LogP contribution >= 0.6 is 11.8 Å². The molecule has 2 atom stereocenters. The second-order valence-electron chi connectivity index (χ2n) is 7.09. The number of nitrogens with zero attached hydrogens (tertiary/aromatic N) is 4. The van der Waals surface area contributed by atoms with E-state index in [0.717, 1.165) is 11.8 Å². The molecule has 1 aromatic heterocycles. The average molecular weight is 386 g/mol. The second-order valence-corrected chi connectivity index (χ2v) is 8.44. The van der Waals surface area contributed by atoms with Crippen LogP contribution in [-0.2, 0) is 9.59 Å². The minimum atomic E-state index is -0.957. The highest BCUT2D eigenvalue weighted by Gasteiger charge is 2.45. The quantitative estimate of drug-likeness (QED) is 0.801. The van der Waals surface area contributed by atoms with Gasteiger partial charge in [-0.2, -0.15) is 15.6 Å². The van der Waals surface area contributed by atoms with Gasteiger partial charge < -0.3 is 10.6 Å². The van der Waals surface area contributed by atoms with E-state index in [1.54, 1.807) is 37.7 Å². The van der Waals surface area contributed by atoms with Gasteiger partial charge >= 0.3 is 0 Å². The highest BCUT2D eigenvalue weighted by Crippen LogP contribution is 2.42. The number of thioether (sulfide) groups is 1. The smallest absolute Gasteiger partial charge is 0.243 e. The number of carbonyl (C=O) groups is 2. The summed E-state index contributed by atoms with van der Waals surface area (Å²) in [5.41, 5.74) is -0.633. The fourth-order valence-corrected chi connectivity index (χ4v) is 3.90. The number of nitriles is 2. The van der Waals surface area contributed by atoms with Gasteiger partial charge in [0.1, 0.15) is 11.7 Å². The first kappa shape index (κ1) is 20.5. The Bertz CT molecular complexity index is 871. The second kappa shape index (κ2) is 7.85. The van der Waals surface area contributed by atoms with Crippen molar-refractivity contribution in [3.63, 3.8) is 0 Å². The van der Waals surface area contributed by atoms with Crippen LogP contribution in [0.2, 0.25) is 0 Å². The molecule has 1 aliphatic rings. The monoisotopic (exact) mass is 386 g/mol. The van der Waals surface area contributed by atoms with Crippen molar-refractivity contribution >= 4 is 29.4 Å². The van der Waals surface area contributed by atoms with Crippen molar-refractivity contribution in [3.8, 4) is 12.1 Å². The Balaban J connectivity index is 2.22. The molecule has 0 aliphatic carbocycles. The first-order chi connectivity index (χ1) is 12.6. The largest absolute Gasteiger partial charge is 0.319 e. The van der Waals surface area contributed by atoms with E-state index in [4.69, 9.17) is 0 Å². The van der Waals surface area contributed by atoms with Gasteiger partial charge in [-0.15, -0.1) is 0 Å². The molecule has 0 radical (unpaired) electrons. The molecule has 2 amide bonds. The summed E-state index contributed by atoms with van der Waals surface area (Å²) in [4.78, 5) is 24.8. The zero-order valence-corrected chi connectivity index (χ0v) is 16.7. The first-order valence-electron chi connectivity index (χ1n) is 8.49. The Labute approximate surface area is 162 Å². The minimum absolute atomic E-state index is 0.0903. The Morgan fingerprint density at radius 2 is 2.07 bits per heavy atom. The van der Waals surface area contributed by atoms with E-state index in [0.29, 0.717) is 16.4 Å². The number of rotatable bonds is 5. The molecule has 0 fully saturated rings. The van der Waals surface area contributed by atoms with Crippen LogP contribution in [0, 0.1) is 34.0 Å². The molecule has 0 spiro atoms. The zero-order chi connectivity index (χ0) is 20.4. The standard InChI is InChI=1S/C18H22N6O2S/c1-10(2)24-14(6-7-21-24)22-15(25)11(3)27-17-13(9-20)18(4,5)12(8-19)16(26)23-17/h6-7,10-12H,1-5H3,(H,22,25)(H,23,26)/t11-,12-/m1/s1. The van der Waals surface area contributed by atoms with Gasteiger partial charge in [0.2, 0.25) is 11.8 Å². The van der Waals surface area contributed by atoms with Crippen LogP contribution in [0.25, 0.3) is 0 Å². The van der Waals surface area contributed by atoms with Gasteiger partial charge in [-0.1, -0.05) is 25.6 Å². The summed E-state index contributed by atoms with van der Waals surface area (Å²) in [6, 6.07) is 5.84. The van der Waals surface area contributed by atoms with Crippen molar-refractivity contribution < 1.29 is 9.59 Å². The Morgan fingerprint density at radius 1 is 1.41 bits per heavy atom. The summed E-state index contributed by atoms with van der Waals surface area (Å²) in [5, 5.41) is 28.2. The maximum absolute atomic E-state index is 12.6. The molecule has 1 aromatic rings. The van der Waals surface area contributed by atoms with E-state index in [1.807, 2.05) is 19.9 Å². The number of carbonyl (C=O) groups excluding carboxylic acids is 2. The van der Waals surface area contributed by atoms with Gasteiger partial charge in [-0.05, 0) is 20.8 Å². The molecule has 2 rings (SSSR count). The summed E-state index contributed by atoms with van der Waals surface area (Å²) < 4.78 is 1.69. The Kier molecular flexibility index (Phi) is 5.97. The molecule has 0 bridgehead atoms. The zero-order valence-electron chi connectivity index (χ0n) is 15.9. The molecular weight excluding hydrogens is 364 g/mol. The summed E-state index contributed by atoms with van der Waals surface area (Å²) in [6.07, 6.45) is 1.61. The van der Waals surface area contributed by atoms with E-state index >= 15 is 0 Å². The lowest BCUT2D eigenvalue weighted by molar-refractivity contribution is -0.125. The van der Waals surface area contributed by atoms with E-state index in [2.05, 4.69) is 21.8 Å². The first-order valence-corrected chi connectivity index (χ1v) is 9.37. The van der Waals surface area contributed by atoms with Crippen molar-refractivity contribution in [3.05, 3.63) is 22.9 Å². The summed E-state index contributed by atoms with van der Waals surface area (Å²) in [5.74, 6) is -1.12. The van der Waals surface area contributed by atoms with Crippen LogP contribution < -0.4 is 10.6 Å². The van der Waals surface area contributed by atoms with E-state index in [-0.39, 0.29) is 11.9 Å². The summed E-state index contributed by atoms with van der Waals surface area (Å²) in [7, 11) is 0. The van der Waals surface area contributed by atoms with Gasteiger partial charge in [-0.3, -0.25) is 9.59 Å². The number of anilines is 1. The predicted octanol–water partition coefficient (Wildman–Crippen LogP) is 2.56. The van der Waals surface area contributed by atoms with E-state index in [1.165, 1.54) is 0 Å². The van der Waals surface area contributed by atoms with Crippen LogP contribution in [0.5, 0.6) is 0 Å². The molecule has 8 nitrogen and oxygen atoms in total. The molecule has 0 saturated carbocycles. The lowest BCUT2D eigenvalue weighted by Gasteiger charge is -2.35. The number of allylic oxidation sites excluding steroid dienone is 1. The Morgan fingerprint density at radius 3 is 2.63 bits per heavy atom. The molecule has 1 aliphatic heterocycles. The third kappa shape index (κ3) is 3.99. The topological polar surface area (TPSA) is 124 Å². The van der Waals surface area contributed by atoms with Crippen LogP contribution in [0.3, 0.4) is 0 Å². The van der Waals surface area contributed by atoms with Gasteiger partial charge in [0.05, 0.1) is 34.2 Å². The molecular formula is C18H22N6O2S. The lowest BCUT2D eigenvalue weighted by Crippen LogP contribution is -2.45. The number of aromatic nitrogens is 2. The summed E-state index contributed by atoms with van der Waals surface area (Å²) >= 11 is 1.09. The van der Waals surface area contributed by atoms with Crippen molar-refractivity contribution in [2.24, 2.45) is 11.3 Å². The predicted molar refractivity (Wildman–Crippen MR) is 102 cm³/mol. The molecule has 0 unspecified atom stereocenters. The molecule has 142 valence electrons. The van der Waals surface area contributed by atoms with E-state index in [9.17, 15) is 20.1 Å². The molecule has 2 N–H and O–H groups in total. The fraction of sp³-hybridized carbons (Fsp3) is 0.500. The van der Waals surface area contributed by atoms with Gasteiger partial charge in [-0.25, -0.2) is 4.68 Å². The van der Waals surface area contributed by atoms with Crippen LogP contribution in [0.15, 0.2) is 22.9 Å². The van der Waals surface area contributed by atoms with E-state index < -0.39 is 22.5 Å². The average Bonchev–Trinajstić information content (AvgIpc) is 3.02. The number of nitrogens with one attached hydrogen (secondary N) is 2. The molecule has 0 aromatic carbocycles. The number of hydrogen-bond donors (Lipinski definition) is 2. The fourth-order valence-electron chi connectivity index (χ4n) is 2.80. The number of amides is 2. The highest BCUT2D eigenvalue weighted by atomic mass is 32.2. The van der Waals surface area contributed by atoms with Crippen LogP contribution in [0.1, 0.15) is 40.7 Å². The normalized spacial score (nSPS) is 19.9. The minimum Gasteiger partial charge on any atom is -0.319 e. The molecule has 2 heterocycles. The van der Waals surface area contributed by atoms with Crippen molar-refractivity contribution in [1.82, 2.24) is 15.1 Å². The number of hydrogen-bond acceptors (Lipinski definition) is 6. The van der Waals surface area contributed by atoms with Crippen LogP contribution in [-0.4, -0.2) is 26.8 Å². The summed E-state index contributed by atoms with van der Waals surface area (Å²) in [6.45, 7) is 8.97. The van der Waals surface area contributed by atoms with Gasteiger partial charge in [0, 0.05) is 17.5 Å². The third-order valence-electron chi connectivity index (χ3n) is 4.41.